The van der Waals surface area contributed by atoms with Gasteiger partial charge in [-0.05, 0) is 53.3 Å². The van der Waals surface area contributed by atoms with Gasteiger partial charge in [-0.3, -0.25) is 14.4 Å². The van der Waals surface area contributed by atoms with Gasteiger partial charge < -0.3 is 15.5 Å². The van der Waals surface area contributed by atoms with Crippen LogP contribution in [0.2, 0.25) is 5.02 Å². The van der Waals surface area contributed by atoms with Gasteiger partial charge in [-0.25, -0.2) is 0 Å². The highest BCUT2D eigenvalue weighted by Crippen LogP contribution is 2.32. The first-order valence-corrected chi connectivity index (χ1v) is 11.1. The van der Waals surface area contributed by atoms with Gasteiger partial charge in [-0.1, -0.05) is 35.9 Å². The van der Waals surface area contributed by atoms with E-state index >= 15 is 0 Å². The third kappa shape index (κ3) is 3.60. The molecule has 1 saturated heterocycles. The number of carbonyl (C=O) groups is 3. The first-order chi connectivity index (χ1) is 15.0. The average Bonchev–Trinajstić information content (AvgIpc) is 3.42. The number of fused-ring (bicyclic) bond motifs is 2. The number of amides is 3. The number of nitrogens with zero attached hydrogens (tertiary/aromatic N) is 1. The molecule has 3 aromatic rings. The van der Waals surface area contributed by atoms with E-state index in [2.05, 4.69) is 10.6 Å². The summed E-state index contributed by atoms with van der Waals surface area (Å²) in [4.78, 5) is 41.0. The Hall–Kier alpha value is -3.16. The Kier molecular flexibility index (Phi) is 5.00. The van der Waals surface area contributed by atoms with Crippen LogP contribution >= 0.6 is 22.9 Å². The van der Waals surface area contributed by atoms with Gasteiger partial charge in [0.2, 0.25) is 5.91 Å². The molecule has 2 atom stereocenters. The van der Waals surface area contributed by atoms with Crippen molar-refractivity contribution in [3.05, 3.63) is 75.4 Å². The average molecular weight is 452 g/mol. The zero-order valence-corrected chi connectivity index (χ0v) is 17.9. The minimum atomic E-state index is -0.747. The topological polar surface area (TPSA) is 78.5 Å². The molecule has 5 rings (SSSR count). The van der Waals surface area contributed by atoms with E-state index < -0.39 is 12.1 Å². The molecule has 2 aromatic carbocycles. The Morgan fingerprint density at radius 1 is 1.10 bits per heavy atom. The third-order valence-electron chi connectivity index (χ3n) is 5.67. The summed E-state index contributed by atoms with van der Waals surface area (Å²) >= 11 is 7.32. The van der Waals surface area contributed by atoms with Gasteiger partial charge in [-0.2, -0.15) is 0 Å². The molecule has 0 aliphatic carbocycles. The van der Waals surface area contributed by atoms with E-state index in [9.17, 15) is 14.4 Å². The molecule has 1 fully saturated rings. The zero-order chi connectivity index (χ0) is 21.5. The van der Waals surface area contributed by atoms with Crippen molar-refractivity contribution in [1.82, 2.24) is 10.2 Å². The Balaban J connectivity index is 1.44. The summed E-state index contributed by atoms with van der Waals surface area (Å²) in [6, 6.07) is 15.1. The number of benzene rings is 2. The fourth-order valence-corrected chi connectivity index (χ4v) is 4.91. The van der Waals surface area contributed by atoms with Crippen LogP contribution in [0.1, 0.15) is 26.5 Å². The second-order valence-electron chi connectivity index (χ2n) is 7.55. The van der Waals surface area contributed by atoms with Crippen molar-refractivity contribution in [2.24, 2.45) is 0 Å². The van der Waals surface area contributed by atoms with Gasteiger partial charge in [0.15, 0.2) is 0 Å². The van der Waals surface area contributed by atoms with Gasteiger partial charge in [-0.15, -0.1) is 11.3 Å². The molecule has 31 heavy (non-hydrogen) atoms. The van der Waals surface area contributed by atoms with Crippen LogP contribution in [0.4, 0.5) is 5.69 Å². The number of nitrogens with one attached hydrogen (secondary N) is 2. The Morgan fingerprint density at radius 2 is 1.87 bits per heavy atom. The number of carbonyl (C=O) groups excluding carboxylic acids is 3. The molecule has 156 valence electrons. The van der Waals surface area contributed by atoms with Crippen molar-refractivity contribution in [2.75, 3.05) is 11.9 Å². The summed E-state index contributed by atoms with van der Waals surface area (Å²) in [5.41, 5.74) is 2.70. The Labute approximate surface area is 187 Å². The van der Waals surface area contributed by atoms with E-state index in [4.69, 9.17) is 11.6 Å². The van der Waals surface area contributed by atoms with Crippen molar-refractivity contribution in [2.45, 2.75) is 18.5 Å². The summed E-state index contributed by atoms with van der Waals surface area (Å²) < 4.78 is 0. The summed E-state index contributed by atoms with van der Waals surface area (Å²) in [5.74, 6) is -0.740. The highest BCUT2D eigenvalue weighted by Gasteiger charge is 2.45. The highest BCUT2D eigenvalue weighted by atomic mass is 35.5. The molecule has 2 aliphatic rings. The van der Waals surface area contributed by atoms with Crippen molar-refractivity contribution < 1.29 is 14.4 Å². The first-order valence-electron chi connectivity index (χ1n) is 9.87. The predicted octanol–water partition coefficient (Wildman–Crippen LogP) is 4.03. The van der Waals surface area contributed by atoms with Crippen molar-refractivity contribution in [3.8, 4) is 11.1 Å². The van der Waals surface area contributed by atoms with Crippen LogP contribution in [0.3, 0.4) is 0 Å². The standard InChI is InChI=1S/C23H18ClN3O3S/c24-15-6-3-13(4-7-15)14-5-8-17-16(12-14)23(30)27-10-9-18(20(27)22(29)25-17)26-21(28)19-2-1-11-31-19/h1-8,11-12,18,20H,9-10H2,(H,25,29)(H,26,28). The van der Waals surface area contributed by atoms with Crippen LogP contribution in [-0.2, 0) is 4.79 Å². The molecule has 3 heterocycles. The molecule has 3 amide bonds. The molecule has 0 saturated carbocycles. The van der Waals surface area contributed by atoms with Crippen molar-refractivity contribution >= 4 is 46.3 Å². The number of hydrogen-bond donors (Lipinski definition) is 2. The van der Waals surface area contributed by atoms with E-state index in [0.717, 1.165) is 11.1 Å². The lowest BCUT2D eigenvalue weighted by Crippen LogP contribution is -2.51. The van der Waals surface area contributed by atoms with Crippen LogP contribution in [0, 0.1) is 0 Å². The molecule has 2 N–H and O–H groups in total. The Bertz CT molecular complexity index is 1180. The monoisotopic (exact) mass is 451 g/mol. The summed E-state index contributed by atoms with van der Waals surface area (Å²) in [7, 11) is 0. The van der Waals surface area contributed by atoms with Gasteiger partial charge in [0.1, 0.15) is 6.04 Å². The summed E-state index contributed by atoms with van der Waals surface area (Å²) in [6.45, 7) is 0.400. The van der Waals surface area contributed by atoms with Crippen LogP contribution in [0.5, 0.6) is 0 Å². The van der Waals surface area contributed by atoms with Crippen molar-refractivity contribution in [3.63, 3.8) is 0 Å². The molecule has 8 heteroatoms. The molecule has 6 nitrogen and oxygen atoms in total. The van der Waals surface area contributed by atoms with Gasteiger partial charge in [0.25, 0.3) is 11.8 Å². The molecule has 2 unspecified atom stereocenters. The minimum Gasteiger partial charge on any atom is -0.346 e. The van der Waals surface area contributed by atoms with Crippen LogP contribution in [-0.4, -0.2) is 41.2 Å². The number of anilines is 1. The minimum absolute atomic E-state index is 0.220. The van der Waals surface area contributed by atoms with Crippen molar-refractivity contribution in [1.29, 1.82) is 0 Å². The largest absolute Gasteiger partial charge is 0.346 e. The zero-order valence-electron chi connectivity index (χ0n) is 16.3. The molecule has 2 aliphatic heterocycles. The number of hydrogen-bond acceptors (Lipinski definition) is 4. The predicted molar refractivity (Wildman–Crippen MR) is 121 cm³/mol. The third-order valence-corrected chi connectivity index (χ3v) is 6.79. The quantitative estimate of drug-likeness (QED) is 0.631. The molecule has 0 spiro atoms. The number of rotatable bonds is 3. The van der Waals surface area contributed by atoms with Gasteiger partial charge in [0, 0.05) is 11.6 Å². The lowest BCUT2D eigenvalue weighted by Gasteiger charge is -2.24. The van der Waals surface area contributed by atoms with Crippen LogP contribution < -0.4 is 10.6 Å². The van der Waals surface area contributed by atoms with E-state index in [1.165, 1.54) is 11.3 Å². The summed E-state index contributed by atoms with van der Waals surface area (Å²) in [6.07, 6.45) is 0.521. The SMILES string of the molecule is O=C(NC1CCN2C(=O)c3cc(-c4ccc(Cl)cc4)ccc3NC(=O)C12)c1cccs1. The summed E-state index contributed by atoms with van der Waals surface area (Å²) in [5, 5.41) is 8.27. The fourth-order valence-electron chi connectivity index (χ4n) is 4.16. The van der Waals surface area contributed by atoms with E-state index in [1.807, 2.05) is 23.6 Å². The lowest BCUT2D eigenvalue weighted by atomic mass is 10.0. The second kappa shape index (κ2) is 7.83. The molecule has 1 aromatic heterocycles. The maximum Gasteiger partial charge on any atom is 0.261 e. The normalized spacial score (nSPS) is 20.0. The molecule has 0 bridgehead atoms. The van der Waals surface area contributed by atoms with E-state index in [0.29, 0.717) is 34.1 Å². The van der Waals surface area contributed by atoms with Gasteiger partial charge >= 0.3 is 0 Å². The van der Waals surface area contributed by atoms with Crippen LogP contribution in [0.15, 0.2) is 60.0 Å². The lowest BCUT2D eigenvalue weighted by molar-refractivity contribution is -0.120. The second-order valence-corrected chi connectivity index (χ2v) is 8.93. The maximum absolute atomic E-state index is 13.4. The molecular weight excluding hydrogens is 434 g/mol. The number of halogens is 1. The molecular formula is C23H18ClN3O3S. The fraction of sp³-hybridized carbons (Fsp3) is 0.174. The Morgan fingerprint density at radius 3 is 2.61 bits per heavy atom. The van der Waals surface area contributed by atoms with Crippen LogP contribution in [0.25, 0.3) is 11.1 Å². The smallest absolute Gasteiger partial charge is 0.261 e. The first kappa shape index (κ1) is 19.8. The highest BCUT2D eigenvalue weighted by molar-refractivity contribution is 7.12. The van der Waals surface area contributed by atoms with E-state index in [1.54, 1.807) is 41.3 Å². The van der Waals surface area contributed by atoms with E-state index in [-0.39, 0.29) is 17.7 Å². The molecule has 0 radical (unpaired) electrons. The number of thiophene rings is 1. The van der Waals surface area contributed by atoms with Gasteiger partial charge in [0.05, 0.1) is 22.2 Å². The maximum atomic E-state index is 13.4.